The van der Waals surface area contributed by atoms with Crippen LogP contribution in [0.25, 0.3) is 0 Å². The monoisotopic (exact) mass is 304 g/mol. The first-order valence-electron chi connectivity index (χ1n) is 5.76. The largest absolute Gasteiger partial charge is 0.548 e. The Morgan fingerprint density at radius 3 is 2.32 bits per heavy atom. The summed E-state index contributed by atoms with van der Waals surface area (Å²) in [7, 11) is -3.91. The summed E-state index contributed by atoms with van der Waals surface area (Å²) < 4.78 is 26.2. The number of sulfonamides is 1. The number of rotatable bonds is 6. The van der Waals surface area contributed by atoms with E-state index >= 15 is 0 Å². The van der Waals surface area contributed by atoms with E-state index in [1.807, 2.05) is 0 Å². The van der Waals surface area contributed by atoms with E-state index in [4.69, 9.17) is 11.6 Å². The molecule has 0 aromatic heterocycles. The third-order valence-corrected chi connectivity index (χ3v) is 4.58. The standard InChI is InChI=1S/C12H16ClNO4S/c1-3-8(2)11(12(15)16)14-19(17,18)10-6-4-9(13)5-7-10/h4-8,11,14H,3H2,1-2H3,(H,15,16)/p-1/t8-,11+/m1/s1. The number of benzene rings is 1. The molecule has 0 radical (unpaired) electrons. The Bertz CT molecular complexity index is 541. The summed E-state index contributed by atoms with van der Waals surface area (Å²) in [4.78, 5) is 11.0. The van der Waals surface area contributed by atoms with Crippen LogP contribution < -0.4 is 9.83 Å². The Balaban J connectivity index is 3.00. The lowest BCUT2D eigenvalue weighted by Crippen LogP contribution is -2.51. The van der Waals surface area contributed by atoms with Crippen LogP contribution in [0.2, 0.25) is 5.02 Å². The number of carboxylic acid groups (broad SMARTS) is 1. The van der Waals surface area contributed by atoms with Crippen molar-refractivity contribution in [1.29, 1.82) is 0 Å². The summed E-state index contributed by atoms with van der Waals surface area (Å²) in [5.41, 5.74) is 0. The lowest BCUT2D eigenvalue weighted by atomic mass is 10.0. The second-order valence-electron chi connectivity index (χ2n) is 4.26. The summed E-state index contributed by atoms with van der Waals surface area (Å²) in [6.45, 7) is 3.42. The molecule has 0 aliphatic carbocycles. The van der Waals surface area contributed by atoms with Crippen molar-refractivity contribution in [3.63, 3.8) is 0 Å². The van der Waals surface area contributed by atoms with Gasteiger partial charge in [0.1, 0.15) is 0 Å². The molecule has 0 aliphatic heterocycles. The molecule has 0 fully saturated rings. The smallest absolute Gasteiger partial charge is 0.241 e. The van der Waals surface area contributed by atoms with Gasteiger partial charge in [0.2, 0.25) is 10.0 Å². The number of hydrogen-bond donors (Lipinski definition) is 1. The van der Waals surface area contributed by atoms with Crippen molar-refractivity contribution in [3.05, 3.63) is 29.3 Å². The molecule has 0 amide bonds. The number of nitrogens with one attached hydrogen (secondary N) is 1. The van der Waals surface area contributed by atoms with Crippen molar-refractivity contribution in [2.75, 3.05) is 0 Å². The van der Waals surface area contributed by atoms with Gasteiger partial charge in [0, 0.05) is 5.02 Å². The minimum atomic E-state index is -3.91. The average Bonchev–Trinajstić information content (AvgIpc) is 2.35. The number of carbonyl (C=O) groups excluding carboxylic acids is 1. The third-order valence-electron chi connectivity index (χ3n) is 2.87. The molecule has 5 nitrogen and oxygen atoms in total. The predicted molar refractivity (Wildman–Crippen MR) is 70.0 cm³/mol. The maximum absolute atomic E-state index is 12.0. The zero-order valence-corrected chi connectivity index (χ0v) is 12.2. The lowest BCUT2D eigenvalue weighted by Gasteiger charge is -2.24. The Labute approximate surface area is 117 Å². The van der Waals surface area contributed by atoms with E-state index < -0.39 is 22.0 Å². The SMILES string of the molecule is CC[C@@H](C)[C@H](NS(=O)(=O)c1ccc(Cl)cc1)C(=O)[O-]. The predicted octanol–water partition coefficient (Wildman–Crippen LogP) is 0.783. The van der Waals surface area contributed by atoms with Crippen molar-refractivity contribution in [3.8, 4) is 0 Å². The molecule has 19 heavy (non-hydrogen) atoms. The van der Waals surface area contributed by atoms with E-state index in [-0.39, 0.29) is 10.8 Å². The normalized spacial score (nSPS) is 14.9. The molecule has 106 valence electrons. The summed E-state index contributed by atoms with van der Waals surface area (Å²) in [6.07, 6.45) is 0.516. The maximum Gasteiger partial charge on any atom is 0.241 e. The Kier molecular flexibility index (Phi) is 5.34. The van der Waals surface area contributed by atoms with Gasteiger partial charge >= 0.3 is 0 Å². The molecule has 0 aliphatic rings. The molecule has 1 N–H and O–H groups in total. The lowest BCUT2D eigenvalue weighted by molar-refractivity contribution is -0.309. The van der Waals surface area contributed by atoms with Crippen LogP contribution in [-0.2, 0) is 14.8 Å². The molecule has 1 aromatic carbocycles. The Morgan fingerprint density at radius 1 is 1.37 bits per heavy atom. The number of carboxylic acids is 1. The minimum Gasteiger partial charge on any atom is -0.548 e. The van der Waals surface area contributed by atoms with Gasteiger partial charge in [-0.1, -0.05) is 31.9 Å². The fourth-order valence-corrected chi connectivity index (χ4v) is 2.90. The topological polar surface area (TPSA) is 86.3 Å². The van der Waals surface area contributed by atoms with E-state index in [1.165, 1.54) is 24.3 Å². The van der Waals surface area contributed by atoms with Crippen LogP contribution in [0.15, 0.2) is 29.2 Å². The van der Waals surface area contributed by atoms with Crippen molar-refractivity contribution in [2.24, 2.45) is 5.92 Å². The molecule has 0 spiro atoms. The highest BCUT2D eigenvalue weighted by molar-refractivity contribution is 7.89. The zero-order chi connectivity index (χ0) is 14.6. The highest BCUT2D eigenvalue weighted by Gasteiger charge is 2.24. The van der Waals surface area contributed by atoms with Crippen molar-refractivity contribution >= 4 is 27.6 Å². The number of hydrogen-bond acceptors (Lipinski definition) is 4. The van der Waals surface area contributed by atoms with E-state index in [0.29, 0.717) is 11.4 Å². The van der Waals surface area contributed by atoms with Gasteiger partial charge in [0.15, 0.2) is 0 Å². The molecule has 0 bridgehead atoms. The van der Waals surface area contributed by atoms with Crippen LogP contribution in [0.1, 0.15) is 20.3 Å². The summed E-state index contributed by atoms with van der Waals surface area (Å²) >= 11 is 5.67. The highest BCUT2D eigenvalue weighted by atomic mass is 35.5. The van der Waals surface area contributed by atoms with Gasteiger partial charge in [-0.05, 0) is 30.2 Å². The number of aliphatic carboxylic acids is 1. The van der Waals surface area contributed by atoms with Crippen LogP contribution >= 0.6 is 11.6 Å². The average molecular weight is 305 g/mol. The van der Waals surface area contributed by atoms with Gasteiger partial charge in [-0.2, -0.15) is 0 Å². The number of halogens is 1. The minimum absolute atomic E-state index is 0.0357. The van der Waals surface area contributed by atoms with Crippen LogP contribution in [0.3, 0.4) is 0 Å². The number of carbonyl (C=O) groups is 1. The van der Waals surface area contributed by atoms with Crippen LogP contribution in [0, 0.1) is 5.92 Å². The highest BCUT2D eigenvalue weighted by Crippen LogP contribution is 2.16. The van der Waals surface area contributed by atoms with Gasteiger partial charge in [-0.3, -0.25) is 0 Å². The van der Waals surface area contributed by atoms with Crippen molar-refractivity contribution in [1.82, 2.24) is 4.72 Å². The maximum atomic E-state index is 12.0. The van der Waals surface area contributed by atoms with Gasteiger partial charge in [-0.25, -0.2) is 13.1 Å². The molecule has 0 saturated heterocycles. The van der Waals surface area contributed by atoms with Crippen LogP contribution in [0.5, 0.6) is 0 Å². The molecular formula is C12H15ClNO4S-. The second kappa shape index (κ2) is 6.36. The second-order valence-corrected chi connectivity index (χ2v) is 6.41. The van der Waals surface area contributed by atoms with Gasteiger partial charge in [0.05, 0.1) is 16.9 Å². The van der Waals surface area contributed by atoms with Crippen molar-refractivity contribution < 1.29 is 18.3 Å². The summed E-state index contributed by atoms with van der Waals surface area (Å²) in [6, 6.07) is 4.22. The Morgan fingerprint density at radius 2 is 1.89 bits per heavy atom. The molecular weight excluding hydrogens is 290 g/mol. The molecule has 0 unspecified atom stereocenters. The molecule has 1 rings (SSSR count). The Hall–Kier alpha value is -1.11. The molecule has 2 atom stereocenters. The quantitative estimate of drug-likeness (QED) is 0.841. The first-order valence-corrected chi connectivity index (χ1v) is 7.62. The van der Waals surface area contributed by atoms with Gasteiger partial charge in [0.25, 0.3) is 0 Å². The van der Waals surface area contributed by atoms with Gasteiger partial charge in [-0.15, -0.1) is 0 Å². The van der Waals surface area contributed by atoms with Gasteiger partial charge < -0.3 is 9.90 Å². The summed E-state index contributed by atoms with van der Waals surface area (Å²) in [5.74, 6) is -1.81. The zero-order valence-electron chi connectivity index (χ0n) is 10.6. The van der Waals surface area contributed by atoms with E-state index in [2.05, 4.69) is 4.72 Å². The summed E-state index contributed by atoms with van der Waals surface area (Å²) in [5, 5.41) is 11.4. The molecule has 7 heteroatoms. The van der Waals surface area contributed by atoms with Crippen LogP contribution in [0.4, 0.5) is 0 Å². The molecule has 0 heterocycles. The van der Waals surface area contributed by atoms with Crippen molar-refractivity contribution in [2.45, 2.75) is 31.2 Å². The fraction of sp³-hybridized carbons (Fsp3) is 0.417. The van der Waals surface area contributed by atoms with E-state index in [1.54, 1.807) is 13.8 Å². The molecule has 0 saturated carbocycles. The third kappa shape index (κ3) is 4.19. The van der Waals surface area contributed by atoms with Crippen LogP contribution in [-0.4, -0.2) is 20.4 Å². The van der Waals surface area contributed by atoms with E-state index in [9.17, 15) is 18.3 Å². The first kappa shape index (κ1) is 15.9. The first-order chi connectivity index (χ1) is 8.77. The fourth-order valence-electron chi connectivity index (χ4n) is 1.48. The molecule has 1 aromatic rings. The van der Waals surface area contributed by atoms with E-state index in [0.717, 1.165) is 0 Å².